The van der Waals surface area contributed by atoms with Gasteiger partial charge in [-0.25, -0.2) is 26.3 Å². The molecule has 1 fully saturated rings. The Morgan fingerprint density at radius 1 is 0.942 bits per heavy atom. The maximum absolute atomic E-state index is 14.6. The van der Waals surface area contributed by atoms with Gasteiger partial charge in [-0.2, -0.15) is 5.10 Å². The molecule has 0 saturated heterocycles. The molecule has 0 aliphatic heterocycles. The molecule has 0 atom stereocenters. The number of fused-ring (bicyclic) bond motifs is 1. The molecule has 278 valence electrons. The van der Waals surface area contributed by atoms with E-state index in [-0.39, 0.29) is 13.1 Å². The number of halogens is 5. The molecule has 0 N–H and O–H groups in total. The summed E-state index contributed by atoms with van der Waals surface area (Å²) in [7, 11) is 3.00. The van der Waals surface area contributed by atoms with E-state index >= 15 is 0 Å². The first kappa shape index (κ1) is 40.4. The molecule has 1 amide bonds. The van der Waals surface area contributed by atoms with Gasteiger partial charge in [0.05, 0.1) is 43.4 Å². The van der Waals surface area contributed by atoms with E-state index in [1.807, 2.05) is 73.1 Å². The normalized spacial score (nSPS) is 14.8. The van der Waals surface area contributed by atoms with Crippen LogP contribution in [-0.4, -0.2) is 40.7 Å². The second-order valence-electron chi connectivity index (χ2n) is 12.3. The van der Waals surface area contributed by atoms with Crippen LogP contribution in [0.25, 0.3) is 10.9 Å². The lowest BCUT2D eigenvalue weighted by molar-refractivity contribution is -0.118. The Morgan fingerprint density at radius 2 is 1.60 bits per heavy atom. The lowest BCUT2D eigenvalue weighted by Gasteiger charge is -2.26. The van der Waals surface area contributed by atoms with Crippen LogP contribution in [0.5, 0.6) is 5.75 Å². The van der Waals surface area contributed by atoms with E-state index < -0.39 is 40.4 Å². The van der Waals surface area contributed by atoms with E-state index in [2.05, 4.69) is 17.2 Å². The van der Waals surface area contributed by atoms with Crippen LogP contribution in [0.3, 0.4) is 0 Å². The molecule has 52 heavy (non-hydrogen) atoms. The molecule has 0 radical (unpaired) electrons. The number of aromatic nitrogens is 2. The van der Waals surface area contributed by atoms with E-state index in [0.29, 0.717) is 30.1 Å². The highest BCUT2D eigenvalue weighted by atomic mass is 32.2. The van der Waals surface area contributed by atoms with Gasteiger partial charge in [0.25, 0.3) is 0 Å². The molecule has 1 saturated carbocycles. The SMILES string of the molecule is CC.COc1ccc(Cn2ncc3cc(N(Cc4ccc(C5CCCCC5)cc4)C(=O)CN(C)SC(=C(/C)F)/C(F)=C(F)\C(F)=C\F)ccc32)cc1. The van der Waals surface area contributed by atoms with Crippen LogP contribution in [0, 0.1) is 0 Å². The predicted octanol–water partition coefficient (Wildman–Crippen LogP) is 11.4. The number of carbonyl (C=O) groups is 1. The van der Waals surface area contributed by atoms with E-state index in [1.165, 1.54) is 36.2 Å². The van der Waals surface area contributed by atoms with Crippen LogP contribution in [0.15, 0.2) is 107 Å². The van der Waals surface area contributed by atoms with E-state index in [9.17, 15) is 26.7 Å². The van der Waals surface area contributed by atoms with Crippen molar-refractivity contribution in [1.82, 2.24) is 14.1 Å². The van der Waals surface area contributed by atoms with Crippen molar-refractivity contribution in [1.29, 1.82) is 0 Å². The highest BCUT2D eigenvalue weighted by Crippen LogP contribution is 2.36. The predicted molar refractivity (Wildman–Crippen MR) is 200 cm³/mol. The minimum Gasteiger partial charge on any atom is -0.497 e. The molecule has 4 aromatic rings. The number of amides is 1. The van der Waals surface area contributed by atoms with Crippen molar-refractivity contribution in [2.45, 2.75) is 71.9 Å². The quantitative estimate of drug-likeness (QED) is 0.0776. The highest BCUT2D eigenvalue weighted by Gasteiger charge is 2.25. The lowest BCUT2D eigenvalue weighted by atomic mass is 9.84. The molecule has 0 unspecified atom stereocenters. The first-order valence-electron chi connectivity index (χ1n) is 17.3. The number of nitrogens with zero attached hydrogens (tertiary/aromatic N) is 4. The molecule has 0 spiro atoms. The highest BCUT2D eigenvalue weighted by molar-refractivity contribution is 8.01. The molecule has 1 aliphatic rings. The number of anilines is 1. The van der Waals surface area contributed by atoms with Crippen LogP contribution < -0.4 is 9.64 Å². The summed E-state index contributed by atoms with van der Waals surface area (Å²) in [6.45, 7) is 5.22. The second kappa shape index (κ2) is 19.4. The van der Waals surface area contributed by atoms with Gasteiger partial charge in [0, 0.05) is 11.1 Å². The van der Waals surface area contributed by atoms with E-state index in [4.69, 9.17) is 4.74 Å². The molecule has 12 heteroatoms. The molecule has 1 heterocycles. The summed E-state index contributed by atoms with van der Waals surface area (Å²) in [4.78, 5) is 14.6. The zero-order valence-corrected chi connectivity index (χ0v) is 31.0. The molecular weight excluding hydrogens is 696 g/mol. The van der Waals surface area contributed by atoms with E-state index in [0.717, 1.165) is 47.5 Å². The number of methoxy groups -OCH3 is 1. The fourth-order valence-electron chi connectivity index (χ4n) is 6.08. The van der Waals surface area contributed by atoms with Gasteiger partial charge in [-0.15, -0.1) is 0 Å². The molecule has 5 rings (SSSR count). The number of rotatable bonds is 13. The molecule has 1 aliphatic carbocycles. The van der Waals surface area contributed by atoms with Crippen LogP contribution in [0.4, 0.5) is 27.6 Å². The smallest absolute Gasteiger partial charge is 0.242 e. The number of allylic oxidation sites excluding steroid dienone is 4. The van der Waals surface area contributed by atoms with Crippen LogP contribution in [0.1, 0.15) is 75.5 Å². The Labute approximate surface area is 306 Å². The number of hydrogen-bond acceptors (Lipinski definition) is 5. The van der Waals surface area contributed by atoms with Crippen molar-refractivity contribution >= 4 is 34.4 Å². The van der Waals surface area contributed by atoms with Gasteiger partial charge < -0.3 is 9.64 Å². The first-order chi connectivity index (χ1) is 25.1. The van der Waals surface area contributed by atoms with Crippen molar-refractivity contribution in [3.05, 3.63) is 124 Å². The average Bonchev–Trinajstić information content (AvgIpc) is 3.58. The van der Waals surface area contributed by atoms with Crippen LogP contribution >= 0.6 is 11.9 Å². The van der Waals surface area contributed by atoms with E-state index in [1.54, 1.807) is 18.2 Å². The Kier molecular flexibility index (Phi) is 15.1. The number of hydrogen-bond donors (Lipinski definition) is 0. The zero-order valence-electron chi connectivity index (χ0n) is 30.1. The van der Waals surface area contributed by atoms with Crippen molar-refractivity contribution < 1.29 is 31.5 Å². The third-order valence-electron chi connectivity index (χ3n) is 8.74. The van der Waals surface area contributed by atoms with Crippen LogP contribution in [-0.2, 0) is 17.9 Å². The topological polar surface area (TPSA) is 50.6 Å². The fraction of sp³-hybridized carbons (Fsp3) is 0.350. The molecule has 6 nitrogen and oxygen atoms in total. The van der Waals surface area contributed by atoms with Gasteiger partial charge in [-0.1, -0.05) is 69.5 Å². The number of benzene rings is 3. The maximum Gasteiger partial charge on any atom is 0.242 e. The molecule has 0 bridgehead atoms. The van der Waals surface area contributed by atoms with Crippen molar-refractivity contribution in [2.75, 3.05) is 25.6 Å². The van der Waals surface area contributed by atoms with Crippen molar-refractivity contribution in [3.63, 3.8) is 0 Å². The third kappa shape index (κ3) is 10.3. The van der Waals surface area contributed by atoms with Crippen molar-refractivity contribution in [2.24, 2.45) is 0 Å². The number of ether oxygens (including phenoxy) is 1. The Balaban J connectivity index is 0.00000297. The minimum absolute atomic E-state index is 0.202. The van der Waals surface area contributed by atoms with Gasteiger partial charge in [-0.05, 0) is 91.7 Å². The summed E-state index contributed by atoms with van der Waals surface area (Å²) in [5, 5.41) is 5.37. The molecule has 3 aromatic carbocycles. The Morgan fingerprint density at radius 3 is 2.21 bits per heavy atom. The van der Waals surface area contributed by atoms with Gasteiger partial charge in [0.15, 0.2) is 17.5 Å². The third-order valence-corrected chi connectivity index (χ3v) is 9.83. The zero-order chi connectivity index (χ0) is 37.8. The van der Waals surface area contributed by atoms with Crippen LogP contribution in [0.2, 0.25) is 0 Å². The monoisotopic (exact) mass is 740 g/mol. The molecular formula is C40H45F5N4O2S. The van der Waals surface area contributed by atoms with Crippen molar-refractivity contribution in [3.8, 4) is 5.75 Å². The summed E-state index contributed by atoms with van der Waals surface area (Å²) in [5.74, 6) is -6.50. The Hall–Kier alpha value is -4.42. The van der Waals surface area contributed by atoms with Gasteiger partial charge >= 0.3 is 0 Å². The van der Waals surface area contributed by atoms with Gasteiger partial charge in [-0.3, -0.25) is 9.48 Å². The lowest BCUT2D eigenvalue weighted by Crippen LogP contribution is -2.37. The summed E-state index contributed by atoms with van der Waals surface area (Å²) < 4.78 is 77.2. The second-order valence-corrected chi connectivity index (χ2v) is 13.5. The molecule has 1 aromatic heterocycles. The first-order valence-corrected chi connectivity index (χ1v) is 18.1. The number of likely N-dealkylation sites (N-methyl/N-ethyl adjacent to an activating group) is 1. The minimum atomic E-state index is -2.18. The maximum atomic E-state index is 14.6. The summed E-state index contributed by atoms with van der Waals surface area (Å²) in [6, 6.07) is 21.5. The van der Waals surface area contributed by atoms with Gasteiger partial charge in [0.2, 0.25) is 5.91 Å². The summed E-state index contributed by atoms with van der Waals surface area (Å²) in [6.07, 6.45) is 6.97. The fourth-order valence-corrected chi connectivity index (χ4v) is 6.86. The average molecular weight is 741 g/mol. The number of carbonyl (C=O) groups excluding carboxylic acids is 1. The van der Waals surface area contributed by atoms with Gasteiger partial charge in [0.1, 0.15) is 17.9 Å². The summed E-state index contributed by atoms with van der Waals surface area (Å²) >= 11 is 0.371. The largest absolute Gasteiger partial charge is 0.497 e. The Bertz CT molecular complexity index is 1880. The standard InChI is InChI=1S/C38H39F5N4O2S.C2H6/c1-25(40)38(37(43)36(42)33(41)20-39)50-45(2)24-35(48)46(22-26-9-13-29(14-10-26)28-7-5-4-6-8-28)31-15-18-34-30(19-31)21-44-47(34)23-27-11-16-32(49-3)17-12-27;1-2/h9-21,28H,4-8,22-24H2,1-3H3;1-2H3/b33-20-,37-36-,38-25-;. The summed E-state index contributed by atoms with van der Waals surface area (Å²) in [5.41, 5.74) is 4.61.